The zero-order valence-corrected chi connectivity index (χ0v) is 27.4. The van der Waals surface area contributed by atoms with Crippen LogP contribution in [0.15, 0.2) is 176 Å². The zero-order valence-electron chi connectivity index (χ0n) is 26.6. The molecular weight excluding hydrogens is 611 g/mol. The van der Waals surface area contributed by atoms with Gasteiger partial charge in [0.05, 0.1) is 15.9 Å². The topological polar surface area (TPSA) is 12.9 Å². The first-order valence-electron chi connectivity index (χ1n) is 16.7. The van der Waals surface area contributed by atoms with Crippen molar-refractivity contribution in [2.45, 2.75) is 0 Å². The smallest absolute Gasteiger partial charge is 0.0888 e. The summed E-state index contributed by atoms with van der Waals surface area (Å²) in [5, 5.41) is 10.2. The van der Waals surface area contributed by atoms with Crippen molar-refractivity contribution in [3.63, 3.8) is 0 Å². The van der Waals surface area contributed by atoms with Crippen molar-refractivity contribution in [3.05, 3.63) is 176 Å². The third kappa shape index (κ3) is 4.49. The summed E-state index contributed by atoms with van der Waals surface area (Å²) in [5.74, 6) is 0. The SMILES string of the molecule is c1ccc(-c2sc3c(-c4ccc(-c5ccc6c7ccccc7c7ccccc7c6c5)cc4)nc4ccccc4c3c2-c2ccccc2)cc1. The maximum absolute atomic E-state index is 5.33. The number of aromatic nitrogens is 1. The fourth-order valence-electron chi connectivity index (χ4n) is 7.59. The number of hydrogen-bond donors (Lipinski definition) is 0. The minimum absolute atomic E-state index is 1.01. The molecule has 0 bridgehead atoms. The summed E-state index contributed by atoms with van der Waals surface area (Å²) in [5.41, 5.74) is 9.30. The van der Waals surface area contributed by atoms with Gasteiger partial charge in [0.15, 0.2) is 0 Å². The predicted molar refractivity (Wildman–Crippen MR) is 211 cm³/mol. The predicted octanol–water partition coefficient (Wildman–Crippen LogP) is 13.6. The lowest BCUT2D eigenvalue weighted by molar-refractivity contribution is 1.44. The summed E-state index contributed by atoms with van der Waals surface area (Å²) in [4.78, 5) is 6.60. The van der Waals surface area contributed by atoms with Crippen LogP contribution in [0.25, 0.3) is 97.3 Å². The molecule has 228 valence electrons. The average molecular weight is 640 g/mol. The van der Waals surface area contributed by atoms with Gasteiger partial charge in [-0.25, -0.2) is 4.98 Å². The second kappa shape index (κ2) is 11.3. The first-order chi connectivity index (χ1) is 24.3. The molecule has 8 aromatic carbocycles. The minimum Gasteiger partial charge on any atom is -0.246 e. The number of para-hydroxylation sites is 1. The van der Waals surface area contributed by atoms with E-state index in [9.17, 15) is 0 Å². The van der Waals surface area contributed by atoms with E-state index >= 15 is 0 Å². The monoisotopic (exact) mass is 639 g/mol. The molecule has 2 heterocycles. The Labute approximate surface area is 288 Å². The minimum atomic E-state index is 1.01. The third-order valence-electron chi connectivity index (χ3n) is 9.86. The molecule has 0 saturated carbocycles. The zero-order chi connectivity index (χ0) is 32.3. The van der Waals surface area contributed by atoms with E-state index in [1.807, 2.05) is 11.3 Å². The van der Waals surface area contributed by atoms with Gasteiger partial charge < -0.3 is 0 Å². The Morgan fingerprint density at radius 1 is 0.347 bits per heavy atom. The maximum Gasteiger partial charge on any atom is 0.0888 e. The quantitative estimate of drug-likeness (QED) is 0.175. The van der Waals surface area contributed by atoms with Crippen molar-refractivity contribution in [2.24, 2.45) is 0 Å². The summed E-state index contributed by atoms with van der Waals surface area (Å²) >= 11 is 1.85. The van der Waals surface area contributed by atoms with Gasteiger partial charge in [0.25, 0.3) is 0 Å². The van der Waals surface area contributed by atoms with Gasteiger partial charge in [-0.3, -0.25) is 0 Å². The Hall–Kier alpha value is -6.09. The van der Waals surface area contributed by atoms with E-state index < -0.39 is 0 Å². The van der Waals surface area contributed by atoms with Crippen molar-refractivity contribution >= 4 is 64.6 Å². The van der Waals surface area contributed by atoms with Gasteiger partial charge in [0, 0.05) is 26.8 Å². The van der Waals surface area contributed by atoms with Crippen LogP contribution < -0.4 is 0 Å². The van der Waals surface area contributed by atoms with Crippen LogP contribution in [0.2, 0.25) is 0 Å². The standard InChI is InChI=1S/C47H29NS/c1-3-13-31(14-4-1)43-44-40-21-11-12-22-42(40)48-45(47(44)49-46(43)33-15-5-2-6-16-33)32-25-23-30(24-26-32)34-27-28-39-37-19-8-7-17-35(37)36-18-9-10-20-38(36)41(39)29-34/h1-29H. The Morgan fingerprint density at radius 3 is 1.49 bits per heavy atom. The lowest BCUT2D eigenvalue weighted by Crippen LogP contribution is -1.89. The van der Waals surface area contributed by atoms with E-state index in [1.54, 1.807) is 0 Å². The molecule has 0 aliphatic carbocycles. The first-order valence-corrected chi connectivity index (χ1v) is 17.5. The maximum atomic E-state index is 5.33. The molecule has 0 unspecified atom stereocenters. The van der Waals surface area contributed by atoms with Crippen LogP contribution >= 0.6 is 11.3 Å². The summed E-state index contributed by atoms with van der Waals surface area (Å²) in [6, 6.07) is 63.6. The lowest BCUT2D eigenvalue weighted by atomic mass is 9.92. The van der Waals surface area contributed by atoms with Gasteiger partial charge in [-0.1, -0.05) is 164 Å². The number of fused-ring (bicyclic) bond motifs is 9. The van der Waals surface area contributed by atoms with Crippen LogP contribution in [0.1, 0.15) is 0 Å². The van der Waals surface area contributed by atoms with E-state index in [0.29, 0.717) is 0 Å². The summed E-state index contributed by atoms with van der Waals surface area (Å²) in [6.07, 6.45) is 0. The van der Waals surface area contributed by atoms with Crippen LogP contribution in [0.4, 0.5) is 0 Å². The Balaban J connectivity index is 1.17. The molecule has 0 N–H and O–H groups in total. The normalized spacial score (nSPS) is 11.7. The molecule has 49 heavy (non-hydrogen) atoms. The van der Waals surface area contributed by atoms with Crippen LogP contribution in [0.3, 0.4) is 0 Å². The number of hydrogen-bond acceptors (Lipinski definition) is 2. The molecule has 0 amide bonds. The van der Waals surface area contributed by atoms with Crippen LogP contribution in [-0.2, 0) is 0 Å². The highest BCUT2D eigenvalue weighted by Gasteiger charge is 2.22. The number of rotatable bonds is 4. The van der Waals surface area contributed by atoms with Crippen molar-refractivity contribution in [1.82, 2.24) is 4.98 Å². The molecule has 1 nitrogen and oxygen atoms in total. The Bertz CT molecular complexity index is 2810. The van der Waals surface area contributed by atoms with E-state index in [2.05, 4.69) is 176 Å². The molecule has 0 aliphatic rings. The van der Waals surface area contributed by atoms with Gasteiger partial charge in [-0.2, -0.15) is 0 Å². The molecule has 2 heteroatoms. The van der Waals surface area contributed by atoms with E-state index in [0.717, 1.165) is 16.8 Å². The molecule has 2 aromatic heterocycles. The largest absolute Gasteiger partial charge is 0.246 e. The molecule has 0 saturated heterocycles. The van der Waals surface area contributed by atoms with Gasteiger partial charge in [0.2, 0.25) is 0 Å². The van der Waals surface area contributed by atoms with E-state index in [-0.39, 0.29) is 0 Å². The molecule has 0 spiro atoms. The molecule has 10 aromatic rings. The van der Waals surface area contributed by atoms with Crippen molar-refractivity contribution in [3.8, 4) is 44.0 Å². The molecular formula is C47H29NS. The fraction of sp³-hybridized carbons (Fsp3) is 0. The van der Waals surface area contributed by atoms with Crippen LogP contribution in [0, 0.1) is 0 Å². The van der Waals surface area contributed by atoms with Crippen LogP contribution in [-0.4, -0.2) is 4.98 Å². The van der Waals surface area contributed by atoms with Crippen molar-refractivity contribution < 1.29 is 0 Å². The molecule has 10 rings (SSSR count). The molecule has 0 aliphatic heterocycles. The van der Waals surface area contributed by atoms with Gasteiger partial charge in [-0.15, -0.1) is 11.3 Å². The molecule has 0 fully saturated rings. The highest BCUT2D eigenvalue weighted by molar-refractivity contribution is 7.23. The third-order valence-corrected chi connectivity index (χ3v) is 11.1. The van der Waals surface area contributed by atoms with Gasteiger partial charge in [-0.05, 0) is 66.7 Å². The second-order valence-electron chi connectivity index (χ2n) is 12.6. The van der Waals surface area contributed by atoms with Crippen LogP contribution in [0.5, 0.6) is 0 Å². The summed E-state index contributed by atoms with van der Waals surface area (Å²) in [7, 11) is 0. The Morgan fingerprint density at radius 2 is 0.837 bits per heavy atom. The van der Waals surface area contributed by atoms with Crippen molar-refractivity contribution in [1.29, 1.82) is 0 Å². The molecule has 0 atom stereocenters. The highest BCUT2D eigenvalue weighted by Crippen LogP contribution is 2.50. The second-order valence-corrected chi connectivity index (χ2v) is 13.7. The van der Waals surface area contributed by atoms with Crippen molar-refractivity contribution in [2.75, 3.05) is 0 Å². The number of nitrogens with zero attached hydrogens (tertiary/aromatic N) is 1. The van der Waals surface area contributed by atoms with E-state index in [4.69, 9.17) is 4.98 Å². The van der Waals surface area contributed by atoms with E-state index in [1.165, 1.54) is 80.5 Å². The molecule has 0 radical (unpaired) electrons. The van der Waals surface area contributed by atoms with Gasteiger partial charge >= 0.3 is 0 Å². The first kappa shape index (κ1) is 28.0. The van der Waals surface area contributed by atoms with Gasteiger partial charge in [0.1, 0.15) is 0 Å². The number of thiophene rings is 1. The number of benzene rings is 8. The lowest BCUT2D eigenvalue weighted by Gasteiger charge is -2.12. The average Bonchev–Trinajstić information content (AvgIpc) is 3.60. The number of pyridine rings is 1. The summed E-state index contributed by atoms with van der Waals surface area (Å²) < 4.78 is 1.22. The Kier molecular flexibility index (Phi) is 6.43. The fourth-order valence-corrected chi connectivity index (χ4v) is 8.94. The summed E-state index contributed by atoms with van der Waals surface area (Å²) in [6.45, 7) is 0. The highest BCUT2D eigenvalue weighted by atomic mass is 32.1.